The van der Waals surface area contributed by atoms with Gasteiger partial charge in [-0.15, -0.1) is 0 Å². The maximum atomic E-state index is 8.97. The number of nitrogens with zero attached hydrogens (tertiary/aromatic N) is 1. The number of hydrogen-bond acceptors (Lipinski definition) is 3. The third kappa shape index (κ3) is 2.31. The molecule has 0 aliphatic heterocycles. The number of benzene rings is 1. The fraction of sp³-hybridized carbons (Fsp3) is 0.100. The molecule has 0 aliphatic carbocycles. The van der Waals surface area contributed by atoms with Crippen molar-refractivity contribution in [1.82, 2.24) is 0 Å². The zero-order valence-corrected chi connectivity index (χ0v) is 8.01. The van der Waals surface area contributed by atoms with Crippen LogP contribution in [0.25, 0.3) is 6.08 Å². The molecule has 1 aromatic rings. The van der Waals surface area contributed by atoms with Crippen LogP contribution in [0, 0.1) is 0 Å². The van der Waals surface area contributed by atoms with E-state index in [1.165, 1.54) is 0 Å². The minimum absolute atomic E-state index is 0.450. The summed E-state index contributed by atoms with van der Waals surface area (Å²) in [6.45, 7) is 5.32. The summed E-state index contributed by atoms with van der Waals surface area (Å²) in [5.41, 5.74) is 2.01. The molecular formula is C10H12BNO2. The molecule has 0 atom stereocenters. The van der Waals surface area contributed by atoms with Gasteiger partial charge in [-0.2, -0.15) is 0 Å². The van der Waals surface area contributed by atoms with E-state index in [1.807, 2.05) is 19.1 Å². The van der Waals surface area contributed by atoms with E-state index in [2.05, 4.69) is 11.7 Å². The lowest BCUT2D eigenvalue weighted by Gasteiger charge is -2.04. The molecule has 0 amide bonds. The highest BCUT2D eigenvalue weighted by Gasteiger charge is 2.11. The van der Waals surface area contributed by atoms with E-state index < -0.39 is 7.12 Å². The van der Waals surface area contributed by atoms with E-state index in [1.54, 1.807) is 18.2 Å². The predicted octanol–water partition coefficient (Wildman–Crippen LogP) is 0.732. The molecule has 0 saturated carbocycles. The normalized spacial score (nSPS) is 10.5. The molecule has 0 saturated heterocycles. The van der Waals surface area contributed by atoms with Crippen molar-refractivity contribution in [2.45, 2.75) is 6.92 Å². The lowest BCUT2D eigenvalue weighted by atomic mass is 9.79. The molecule has 1 rings (SSSR count). The Kier molecular flexibility index (Phi) is 3.62. The first-order chi connectivity index (χ1) is 6.69. The summed E-state index contributed by atoms with van der Waals surface area (Å²) in [4.78, 5) is 3.83. The lowest BCUT2D eigenvalue weighted by molar-refractivity contribution is 0.426. The molecule has 4 heteroatoms. The smallest absolute Gasteiger partial charge is 0.423 e. The molecule has 0 spiro atoms. The molecule has 3 nitrogen and oxygen atoms in total. The predicted molar refractivity (Wildman–Crippen MR) is 60.2 cm³/mol. The highest BCUT2D eigenvalue weighted by atomic mass is 16.4. The minimum atomic E-state index is -1.45. The molecule has 0 aromatic heterocycles. The standard InChI is InChI=1S/C10H12BNO2/c1-3-4-8-7-9(11(13)14)5-6-10(8)12-2/h3-7,13-14H,2H2,1H3/b4-3-. The van der Waals surface area contributed by atoms with Crippen molar-refractivity contribution < 1.29 is 10.0 Å². The third-order valence-electron chi connectivity index (χ3n) is 1.87. The Hall–Kier alpha value is -1.39. The van der Waals surface area contributed by atoms with Crippen LogP contribution in [0.3, 0.4) is 0 Å². The molecule has 0 radical (unpaired) electrons. The van der Waals surface area contributed by atoms with Crippen molar-refractivity contribution in [2.75, 3.05) is 0 Å². The molecule has 14 heavy (non-hydrogen) atoms. The molecule has 0 bridgehead atoms. The van der Waals surface area contributed by atoms with Gasteiger partial charge in [-0.05, 0) is 30.7 Å². The minimum Gasteiger partial charge on any atom is -0.423 e. The largest absolute Gasteiger partial charge is 0.488 e. The van der Waals surface area contributed by atoms with E-state index in [-0.39, 0.29) is 0 Å². The van der Waals surface area contributed by atoms with Crippen LogP contribution in [-0.4, -0.2) is 23.9 Å². The maximum absolute atomic E-state index is 8.97. The van der Waals surface area contributed by atoms with Crippen molar-refractivity contribution >= 4 is 31.1 Å². The molecule has 1 aromatic carbocycles. The van der Waals surface area contributed by atoms with Gasteiger partial charge in [0.1, 0.15) is 0 Å². The fourth-order valence-corrected chi connectivity index (χ4v) is 1.19. The van der Waals surface area contributed by atoms with Gasteiger partial charge in [-0.3, -0.25) is 4.99 Å². The van der Waals surface area contributed by atoms with Crippen molar-refractivity contribution in [2.24, 2.45) is 4.99 Å². The van der Waals surface area contributed by atoms with Gasteiger partial charge in [0.2, 0.25) is 0 Å². The summed E-state index contributed by atoms with van der Waals surface area (Å²) in [5.74, 6) is 0. The Morgan fingerprint density at radius 2 is 2.14 bits per heavy atom. The molecule has 72 valence electrons. The topological polar surface area (TPSA) is 52.8 Å². The van der Waals surface area contributed by atoms with Gasteiger partial charge in [0, 0.05) is 0 Å². The molecule has 2 N–H and O–H groups in total. The van der Waals surface area contributed by atoms with Crippen LogP contribution in [0.2, 0.25) is 0 Å². The summed E-state index contributed by atoms with van der Waals surface area (Å²) in [5, 5.41) is 17.9. The van der Waals surface area contributed by atoms with Crippen molar-refractivity contribution in [1.29, 1.82) is 0 Å². The second-order valence-corrected chi connectivity index (χ2v) is 2.85. The average molecular weight is 189 g/mol. The van der Waals surface area contributed by atoms with Crippen LogP contribution in [0.1, 0.15) is 12.5 Å². The molecule has 0 unspecified atom stereocenters. The first-order valence-corrected chi connectivity index (χ1v) is 4.28. The summed E-state index contributed by atoms with van der Waals surface area (Å²) < 4.78 is 0. The molecular weight excluding hydrogens is 177 g/mol. The Balaban J connectivity index is 3.20. The first-order valence-electron chi connectivity index (χ1n) is 4.28. The van der Waals surface area contributed by atoms with Crippen LogP contribution in [0.15, 0.2) is 29.3 Å². The second-order valence-electron chi connectivity index (χ2n) is 2.85. The summed E-state index contributed by atoms with van der Waals surface area (Å²) in [6, 6.07) is 4.99. The van der Waals surface area contributed by atoms with Crippen LogP contribution in [0.4, 0.5) is 5.69 Å². The van der Waals surface area contributed by atoms with E-state index in [0.717, 1.165) is 11.3 Å². The van der Waals surface area contributed by atoms with Crippen molar-refractivity contribution in [3.8, 4) is 0 Å². The summed E-state index contributed by atoms with van der Waals surface area (Å²) in [6.07, 6.45) is 3.70. The lowest BCUT2D eigenvalue weighted by Crippen LogP contribution is -2.29. The second kappa shape index (κ2) is 4.74. The van der Waals surface area contributed by atoms with E-state index in [0.29, 0.717) is 5.46 Å². The Morgan fingerprint density at radius 3 is 2.64 bits per heavy atom. The van der Waals surface area contributed by atoms with Crippen molar-refractivity contribution in [3.05, 3.63) is 29.8 Å². The summed E-state index contributed by atoms with van der Waals surface area (Å²) in [7, 11) is -1.45. The number of allylic oxidation sites excluding steroid dienone is 1. The zero-order chi connectivity index (χ0) is 10.6. The van der Waals surface area contributed by atoms with Crippen LogP contribution >= 0.6 is 0 Å². The van der Waals surface area contributed by atoms with Gasteiger partial charge in [-0.25, -0.2) is 0 Å². The van der Waals surface area contributed by atoms with Gasteiger partial charge in [-0.1, -0.05) is 24.3 Å². The molecule has 0 fully saturated rings. The number of aliphatic imine (C=N–C) groups is 1. The highest BCUT2D eigenvalue weighted by Crippen LogP contribution is 2.18. The maximum Gasteiger partial charge on any atom is 0.488 e. The van der Waals surface area contributed by atoms with Gasteiger partial charge < -0.3 is 10.0 Å². The Bertz CT molecular complexity index is 361. The third-order valence-corrected chi connectivity index (χ3v) is 1.87. The van der Waals surface area contributed by atoms with Gasteiger partial charge in [0.15, 0.2) is 0 Å². The molecule has 0 heterocycles. The average Bonchev–Trinajstić information content (AvgIpc) is 2.18. The number of hydrogen-bond donors (Lipinski definition) is 2. The van der Waals surface area contributed by atoms with Crippen LogP contribution in [-0.2, 0) is 0 Å². The van der Waals surface area contributed by atoms with Gasteiger partial charge in [0.05, 0.1) is 5.69 Å². The van der Waals surface area contributed by atoms with E-state index >= 15 is 0 Å². The van der Waals surface area contributed by atoms with E-state index in [4.69, 9.17) is 10.0 Å². The zero-order valence-electron chi connectivity index (χ0n) is 8.01. The monoisotopic (exact) mass is 189 g/mol. The van der Waals surface area contributed by atoms with Crippen molar-refractivity contribution in [3.63, 3.8) is 0 Å². The highest BCUT2D eigenvalue weighted by molar-refractivity contribution is 6.58. The Labute approximate surface area is 83.6 Å². The van der Waals surface area contributed by atoms with Crippen LogP contribution < -0.4 is 5.46 Å². The van der Waals surface area contributed by atoms with Gasteiger partial charge >= 0.3 is 7.12 Å². The first kappa shape index (κ1) is 10.7. The quantitative estimate of drug-likeness (QED) is 0.544. The number of rotatable bonds is 3. The fourth-order valence-electron chi connectivity index (χ4n) is 1.19. The van der Waals surface area contributed by atoms with E-state index in [9.17, 15) is 0 Å². The SMILES string of the molecule is C=Nc1ccc(B(O)O)cc1/C=C\C. The van der Waals surface area contributed by atoms with Crippen LogP contribution in [0.5, 0.6) is 0 Å². The Morgan fingerprint density at radius 1 is 1.43 bits per heavy atom. The molecule has 0 aliphatic rings. The van der Waals surface area contributed by atoms with Gasteiger partial charge in [0.25, 0.3) is 0 Å². The summed E-state index contributed by atoms with van der Waals surface area (Å²) >= 11 is 0.